The van der Waals surface area contributed by atoms with Crippen molar-refractivity contribution in [3.8, 4) is 0 Å². The zero-order valence-corrected chi connectivity index (χ0v) is 13.1. The number of hydrogen-bond donors (Lipinski definition) is 1. The maximum Gasteiger partial charge on any atom is 0.271 e. The number of nitro groups is 1. The molecule has 0 radical (unpaired) electrons. The Labute approximate surface area is 140 Å². The number of amides is 2. The Morgan fingerprint density at radius 2 is 1.96 bits per heavy atom. The lowest BCUT2D eigenvalue weighted by Crippen LogP contribution is -2.47. The number of nitrogens with zero attached hydrogens (tertiary/aromatic N) is 2. The molecule has 2 aliphatic rings. The number of rotatable bonds is 2. The maximum absolute atomic E-state index is 12.7. The van der Waals surface area contributed by atoms with Gasteiger partial charge in [0.15, 0.2) is 0 Å². The van der Waals surface area contributed by atoms with Crippen molar-refractivity contribution in [2.75, 3.05) is 16.0 Å². The Balaban J connectivity index is 1.91. The lowest BCUT2D eigenvalue weighted by Gasteiger charge is -2.32. The van der Waals surface area contributed by atoms with Crippen molar-refractivity contribution in [2.24, 2.45) is 0 Å². The van der Waals surface area contributed by atoms with Gasteiger partial charge >= 0.3 is 0 Å². The van der Waals surface area contributed by atoms with Crippen LogP contribution in [0.15, 0.2) is 48.5 Å². The summed E-state index contributed by atoms with van der Waals surface area (Å²) in [4.78, 5) is 35.9. The second-order valence-electron chi connectivity index (χ2n) is 5.44. The monoisotopic (exact) mass is 341 g/mol. The van der Waals surface area contributed by atoms with Crippen LogP contribution in [0.2, 0.25) is 0 Å². The fraction of sp³-hybridized carbons (Fsp3) is 0.125. The molecule has 1 saturated heterocycles. The number of carbonyl (C=O) groups excluding carboxylic acids is 2. The number of anilines is 2. The van der Waals surface area contributed by atoms with Gasteiger partial charge in [0.05, 0.1) is 16.4 Å². The number of fused-ring (bicyclic) bond motifs is 2. The summed E-state index contributed by atoms with van der Waals surface area (Å²) in [5.41, 5.74) is 1.56. The summed E-state index contributed by atoms with van der Waals surface area (Å²) in [6, 6.07) is 13.0. The van der Waals surface area contributed by atoms with Crippen LogP contribution in [-0.2, 0) is 14.5 Å². The molecule has 2 aromatic carbocycles. The number of hydrogen-bond acceptors (Lipinski definition) is 5. The lowest BCUT2D eigenvalue weighted by atomic mass is 10.0. The quantitative estimate of drug-likeness (QED) is 0.669. The molecule has 0 bridgehead atoms. The Hall–Kier alpha value is -2.87. The minimum Gasteiger partial charge on any atom is -0.323 e. The van der Waals surface area contributed by atoms with E-state index in [1.165, 1.54) is 34.9 Å². The van der Waals surface area contributed by atoms with Crippen LogP contribution in [0.1, 0.15) is 5.56 Å². The average Bonchev–Trinajstić information content (AvgIpc) is 3.07. The van der Waals surface area contributed by atoms with Crippen LogP contribution in [0.25, 0.3) is 0 Å². The van der Waals surface area contributed by atoms with Gasteiger partial charge in [0.2, 0.25) is 10.8 Å². The molecule has 0 unspecified atom stereocenters. The number of non-ortho nitro benzene ring substituents is 1. The summed E-state index contributed by atoms with van der Waals surface area (Å²) >= 11 is 1.22. The van der Waals surface area contributed by atoms with E-state index in [0.717, 1.165) is 0 Å². The van der Waals surface area contributed by atoms with Crippen LogP contribution < -0.4 is 10.2 Å². The number of benzene rings is 2. The Morgan fingerprint density at radius 3 is 2.75 bits per heavy atom. The molecular weight excluding hydrogens is 330 g/mol. The third kappa shape index (κ3) is 1.86. The fourth-order valence-corrected chi connectivity index (χ4v) is 4.44. The minimum atomic E-state index is -1.22. The number of nitro benzene ring substituents is 1. The van der Waals surface area contributed by atoms with Crippen molar-refractivity contribution in [1.82, 2.24) is 0 Å². The molecule has 2 heterocycles. The molecule has 1 fully saturated rings. The predicted octanol–water partition coefficient (Wildman–Crippen LogP) is 2.48. The van der Waals surface area contributed by atoms with Gasteiger partial charge in [-0.15, -0.1) is 11.8 Å². The average molecular weight is 341 g/mol. The number of nitrogens with one attached hydrogen (secondary N) is 1. The fourth-order valence-electron chi connectivity index (χ4n) is 3.12. The highest BCUT2D eigenvalue weighted by Gasteiger charge is 2.58. The van der Waals surface area contributed by atoms with E-state index in [4.69, 9.17) is 0 Å². The van der Waals surface area contributed by atoms with E-state index in [0.29, 0.717) is 16.9 Å². The van der Waals surface area contributed by atoms with Gasteiger partial charge in [0.1, 0.15) is 0 Å². The smallest absolute Gasteiger partial charge is 0.271 e. The molecule has 2 aromatic rings. The summed E-state index contributed by atoms with van der Waals surface area (Å²) in [6.07, 6.45) is 0. The third-order valence-electron chi connectivity index (χ3n) is 4.12. The number of para-hydroxylation sites is 1. The Morgan fingerprint density at radius 1 is 1.17 bits per heavy atom. The van der Waals surface area contributed by atoms with Gasteiger partial charge < -0.3 is 5.32 Å². The van der Waals surface area contributed by atoms with Gasteiger partial charge in [0, 0.05) is 23.4 Å². The van der Waals surface area contributed by atoms with Crippen LogP contribution >= 0.6 is 11.8 Å². The summed E-state index contributed by atoms with van der Waals surface area (Å²) in [5.74, 6) is -0.442. The molecule has 0 aromatic heterocycles. The Bertz CT molecular complexity index is 900. The molecule has 1 atom stereocenters. The van der Waals surface area contributed by atoms with Crippen LogP contribution in [0.4, 0.5) is 17.1 Å². The molecule has 0 saturated carbocycles. The van der Waals surface area contributed by atoms with Crippen LogP contribution in [0, 0.1) is 10.1 Å². The highest BCUT2D eigenvalue weighted by Crippen LogP contribution is 2.53. The lowest BCUT2D eigenvalue weighted by molar-refractivity contribution is -0.384. The molecule has 1 spiro atoms. The van der Waals surface area contributed by atoms with Gasteiger partial charge in [-0.2, -0.15) is 0 Å². The molecule has 4 rings (SSSR count). The second-order valence-corrected chi connectivity index (χ2v) is 6.61. The molecule has 2 aliphatic heterocycles. The van der Waals surface area contributed by atoms with Crippen molar-refractivity contribution in [1.29, 1.82) is 0 Å². The first kappa shape index (κ1) is 14.7. The van der Waals surface area contributed by atoms with Crippen molar-refractivity contribution < 1.29 is 14.5 Å². The second kappa shape index (κ2) is 5.07. The third-order valence-corrected chi connectivity index (χ3v) is 5.51. The molecule has 24 heavy (non-hydrogen) atoms. The molecule has 120 valence electrons. The van der Waals surface area contributed by atoms with Gasteiger partial charge in [-0.3, -0.25) is 24.6 Å². The molecule has 8 heteroatoms. The Kier molecular flexibility index (Phi) is 3.10. The molecule has 7 nitrogen and oxygen atoms in total. The molecule has 2 amide bonds. The maximum atomic E-state index is 12.7. The van der Waals surface area contributed by atoms with Crippen molar-refractivity contribution >= 4 is 40.6 Å². The van der Waals surface area contributed by atoms with Crippen LogP contribution in [-0.4, -0.2) is 22.5 Å². The summed E-state index contributed by atoms with van der Waals surface area (Å²) in [5, 5.41) is 13.8. The van der Waals surface area contributed by atoms with E-state index in [1.807, 2.05) is 0 Å². The highest BCUT2D eigenvalue weighted by molar-refractivity contribution is 8.02. The topological polar surface area (TPSA) is 92.6 Å². The first-order chi connectivity index (χ1) is 11.5. The largest absolute Gasteiger partial charge is 0.323 e. The molecular formula is C16H11N3O4S. The molecule has 1 N–H and O–H groups in total. The van der Waals surface area contributed by atoms with E-state index in [9.17, 15) is 19.7 Å². The number of thioether (sulfide) groups is 1. The molecule has 0 aliphatic carbocycles. The number of carbonyl (C=O) groups is 2. The summed E-state index contributed by atoms with van der Waals surface area (Å²) in [7, 11) is 0. The normalized spacial score (nSPS) is 21.9. The standard InChI is InChI=1S/C16H11N3O4S/c20-14-9-24-16(12-6-1-2-7-13(12)17-15(16)21)18(14)10-4-3-5-11(8-10)19(22)23/h1-8H,9H2,(H,17,21)/t16-/m0/s1. The highest BCUT2D eigenvalue weighted by atomic mass is 32.2. The van der Waals surface area contributed by atoms with E-state index in [-0.39, 0.29) is 23.3 Å². The van der Waals surface area contributed by atoms with E-state index in [2.05, 4.69) is 5.32 Å². The first-order valence-electron chi connectivity index (χ1n) is 7.16. The van der Waals surface area contributed by atoms with E-state index < -0.39 is 9.79 Å². The van der Waals surface area contributed by atoms with Crippen LogP contribution in [0.5, 0.6) is 0 Å². The van der Waals surface area contributed by atoms with E-state index in [1.54, 1.807) is 30.3 Å². The van der Waals surface area contributed by atoms with Crippen molar-refractivity contribution in [3.63, 3.8) is 0 Å². The van der Waals surface area contributed by atoms with Crippen molar-refractivity contribution in [2.45, 2.75) is 4.87 Å². The van der Waals surface area contributed by atoms with Crippen molar-refractivity contribution in [3.05, 3.63) is 64.2 Å². The van der Waals surface area contributed by atoms with Gasteiger partial charge in [-0.25, -0.2) is 0 Å². The summed E-state index contributed by atoms with van der Waals surface area (Å²) in [6.45, 7) is 0. The first-order valence-corrected chi connectivity index (χ1v) is 8.15. The SMILES string of the molecule is O=C1CS[C@@]2(C(=O)Nc3ccccc32)N1c1cccc([N+](=O)[O-])c1. The van der Waals surface area contributed by atoms with E-state index >= 15 is 0 Å². The van der Waals surface area contributed by atoms with Crippen LogP contribution in [0.3, 0.4) is 0 Å². The van der Waals surface area contributed by atoms with Gasteiger partial charge in [-0.1, -0.05) is 24.3 Å². The van der Waals surface area contributed by atoms with Gasteiger partial charge in [-0.05, 0) is 12.1 Å². The predicted molar refractivity (Wildman–Crippen MR) is 89.8 cm³/mol. The zero-order chi connectivity index (χ0) is 16.9. The minimum absolute atomic E-state index is 0.126. The van der Waals surface area contributed by atoms with Gasteiger partial charge in [0.25, 0.3) is 11.6 Å². The zero-order valence-electron chi connectivity index (χ0n) is 12.3. The summed E-state index contributed by atoms with van der Waals surface area (Å²) < 4.78 is 0.